The molecule has 3 aromatic rings. The molecule has 0 bridgehead atoms. The van der Waals surface area contributed by atoms with Crippen LogP contribution in [0.15, 0.2) is 44.8 Å². The molecular formula is C21H24BrN3O4S4. The SMILES string of the molecule is Br.COC(=O)c1cc(-c2csc(Nc3ccc(S(=O)(=O)N4CCCCC4)cc3)n2)c(SC)s1. The summed E-state index contributed by atoms with van der Waals surface area (Å²) in [7, 11) is -2.08. The molecule has 12 heteroatoms. The third-order valence-corrected chi connectivity index (χ3v) is 10.0. The lowest BCUT2D eigenvalue weighted by Gasteiger charge is -2.25. The zero-order chi connectivity index (χ0) is 22.7. The Hall–Kier alpha value is -1.44. The Morgan fingerprint density at radius 1 is 1.18 bits per heavy atom. The fourth-order valence-corrected chi connectivity index (χ4v) is 7.50. The molecule has 0 radical (unpaired) electrons. The Morgan fingerprint density at radius 2 is 1.88 bits per heavy atom. The van der Waals surface area contributed by atoms with Crippen molar-refractivity contribution in [2.75, 3.05) is 31.8 Å². The van der Waals surface area contributed by atoms with Crippen molar-refractivity contribution in [3.63, 3.8) is 0 Å². The molecule has 1 N–H and O–H groups in total. The second kappa shape index (κ2) is 11.3. The van der Waals surface area contributed by atoms with Crippen LogP contribution in [0.4, 0.5) is 10.8 Å². The highest BCUT2D eigenvalue weighted by molar-refractivity contribution is 8.93. The molecule has 4 rings (SSSR count). The Kier molecular flexibility index (Phi) is 8.98. The Balaban J connectivity index is 0.00000306. The van der Waals surface area contributed by atoms with Gasteiger partial charge < -0.3 is 10.1 Å². The van der Waals surface area contributed by atoms with Crippen LogP contribution in [0.1, 0.15) is 28.9 Å². The van der Waals surface area contributed by atoms with E-state index in [4.69, 9.17) is 4.74 Å². The first-order valence-corrected chi connectivity index (χ1v) is 14.4. The quantitative estimate of drug-likeness (QED) is 0.272. The van der Waals surface area contributed by atoms with Gasteiger partial charge >= 0.3 is 5.97 Å². The molecule has 178 valence electrons. The summed E-state index contributed by atoms with van der Waals surface area (Å²) in [5.41, 5.74) is 2.43. The lowest BCUT2D eigenvalue weighted by atomic mass is 10.2. The molecule has 1 aromatic carbocycles. The van der Waals surface area contributed by atoms with Gasteiger partial charge in [-0.3, -0.25) is 0 Å². The summed E-state index contributed by atoms with van der Waals surface area (Å²) in [6, 6.07) is 8.58. The predicted octanol–water partition coefficient (Wildman–Crippen LogP) is 5.88. The molecule has 3 heterocycles. The highest BCUT2D eigenvalue weighted by Crippen LogP contribution is 2.39. The Morgan fingerprint density at radius 3 is 2.52 bits per heavy atom. The van der Waals surface area contributed by atoms with Crippen molar-refractivity contribution in [2.45, 2.75) is 28.4 Å². The minimum atomic E-state index is -3.44. The summed E-state index contributed by atoms with van der Waals surface area (Å²) >= 11 is 4.39. The maximum absolute atomic E-state index is 12.8. The van der Waals surface area contributed by atoms with E-state index in [1.54, 1.807) is 46.4 Å². The predicted molar refractivity (Wildman–Crippen MR) is 141 cm³/mol. The van der Waals surface area contributed by atoms with Gasteiger partial charge in [-0.05, 0) is 49.4 Å². The zero-order valence-electron chi connectivity index (χ0n) is 18.1. The highest BCUT2D eigenvalue weighted by atomic mass is 79.9. The minimum absolute atomic E-state index is 0. The van der Waals surface area contributed by atoms with Gasteiger partial charge in [0, 0.05) is 29.7 Å². The van der Waals surface area contributed by atoms with Crippen molar-refractivity contribution in [3.05, 3.63) is 40.6 Å². The number of piperidine rings is 1. The third kappa shape index (κ3) is 5.80. The van der Waals surface area contributed by atoms with Gasteiger partial charge in [-0.2, -0.15) is 4.31 Å². The van der Waals surface area contributed by atoms with Gasteiger partial charge in [0.05, 0.1) is 21.9 Å². The fourth-order valence-electron chi connectivity index (χ4n) is 3.45. The molecule has 1 aliphatic rings. The van der Waals surface area contributed by atoms with Crippen LogP contribution in [0.5, 0.6) is 0 Å². The average molecular weight is 591 g/mol. The van der Waals surface area contributed by atoms with E-state index in [0.717, 1.165) is 40.4 Å². The van der Waals surface area contributed by atoms with E-state index < -0.39 is 10.0 Å². The molecule has 2 aromatic heterocycles. The number of aromatic nitrogens is 1. The second-order valence-electron chi connectivity index (χ2n) is 7.16. The van der Waals surface area contributed by atoms with Crippen molar-refractivity contribution in [1.82, 2.24) is 9.29 Å². The number of hydrogen-bond donors (Lipinski definition) is 1. The van der Waals surface area contributed by atoms with Crippen molar-refractivity contribution >= 4 is 78.2 Å². The highest BCUT2D eigenvalue weighted by Gasteiger charge is 2.25. The molecule has 1 fully saturated rings. The van der Waals surface area contributed by atoms with Crippen molar-refractivity contribution in [2.24, 2.45) is 0 Å². The van der Waals surface area contributed by atoms with Crippen LogP contribution in [0.2, 0.25) is 0 Å². The smallest absolute Gasteiger partial charge is 0.348 e. The summed E-state index contributed by atoms with van der Waals surface area (Å²) in [4.78, 5) is 17.4. The van der Waals surface area contributed by atoms with E-state index in [-0.39, 0.29) is 23.0 Å². The lowest BCUT2D eigenvalue weighted by Crippen LogP contribution is -2.35. The number of sulfonamides is 1. The number of ether oxygens (including phenoxy) is 1. The molecule has 0 saturated carbocycles. The molecule has 0 aliphatic carbocycles. The number of rotatable bonds is 7. The van der Waals surface area contributed by atoms with E-state index >= 15 is 0 Å². The van der Waals surface area contributed by atoms with E-state index in [9.17, 15) is 13.2 Å². The summed E-state index contributed by atoms with van der Waals surface area (Å²) in [5.74, 6) is -0.357. The number of nitrogens with one attached hydrogen (secondary N) is 1. The van der Waals surface area contributed by atoms with Gasteiger partial charge in [0.25, 0.3) is 0 Å². The van der Waals surface area contributed by atoms with Crippen LogP contribution in [0, 0.1) is 0 Å². The average Bonchev–Trinajstić information content (AvgIpc) is 3.46. The van der Waals surface area contributed by atoms with Gasteiger partial charge in [-0.25, -0.2) is 18.2 Å². The number of esters is 1. The van der Waals surface area contributed by atoms with Gasteiger partial charge in [-0.15, -0.1) is 51.4 Å². The number of thiophene rings is 1. The molecule has 0 spiro atoms. The molecule has 1 aliphatic heterocycles. The number of benzene rings is 1. The number of carbonyl (C=O) groups is 1. The number of halogens is 1. The summed E-state index contributed by atoms with van der Waals surface area (Å²) in [5, 5.41) is 5.85. The van der Waals surface area contributed by atoms with E-state index in [1.807, 2.05) is 11.6 Å². The molecule has 0 unspecified atom stereocenters. The molecule has 33 heavy (non-hydrogen) atoms. The summed E-state index contributed by atoms with van der Waals surface area (Å²) in [6.07, 6.45) is 4.86. The second-order valence-corrected chi connectivity index (χ2v) is 12.1. The Labute approximate surface area is 216 Å². The lowest BCUT2D eigenvalue weighted by molar-refractivity contribution is 0.0606. The first-order valence-electron chi connectivity index (χ1n) is 10.0. The van der Waals surface area contributed by atoms with Crippen LogP contribution >= 0.6 is 51.4 Å². The molecule has 1 saturated heterocycles. The number of methoxy groups -OCH3 is 1. The standard InChI is InChI=1S/C21H23N3O4S4.BrH/c1-28-19(25)18-12-16(20(29-2)31-18)17-13-30-21(23-17)22-14-6-8-15(9-7-14)32(26,27)24-10-4-3-5-11-24;/h6-9,12-13H,3-5,10-11H2,1-2H3,(H,22,23);1H. The van der Waals surface area contributed by atoms with Crippen molar-refractivity contribution < 1.29 is 17.9 Å². The topological polar surface area (TPSA) is 88.6 Å². The van der Waals surface area contributed by atoms with Gasteiger partial charge in [0.15, 0.2) is 5.13 Å². The van der Waals surface area contributed by atoms with Crippen LogP contribution in [-0.4, -0.2) is 50.1 Å². The molecule has 0 atom stereocenters. The minimum Gasteiger partial charge on any atom is -0.465 e. The van der Waals surface area contributed by atoms with Gasteiger partial charge in [-0.1, -0.05) is 6.42 Å². The largest absolute Gasteiger partial charge is 0.465 e. The Bertz CT molecular complexity index is 1200. The number of carbonyl (C=O) groups excluding carboxylic acids is 1. The maximum Gasteiger partial charge on any atom is 0.348 e. The number of anilines is 2. The molecular weight excluding hydrogens is 566 g/mol. The number of nitrogens with zero attached hydrogens (tertiary/aromatic N) is 2. The zero-order valence-corrected chi connectivity index (χ0v) is 23.0. The summed E-state index contributed by atoms with van der Waals surface area (Å²) in [6.45, 7) is 1.17. The van der Waals surface area contributed by atoms with Gasteiger partial charge in [0.1, 0.15) is 4.88 Å². The van der Waals surface area contributed by atoms with Gasteiger partial charge in [0.2, 0.25) is 10.0 Å². The first-order chi connectivity index (χ1) is 15.4. The van der Waals surface area contributed by atoms with E-state index in [1.165, 1.54) is 29.8 Å². The van der Waals surface area contributed by atoms with Crippen molar-refractivity contribution in [1.29, 1.82) is 0 Å². The molecule has 0 amide bonds. The first kappa shape index (κ1) is 26.2. The fraction of sp³-hybridized carbons (Fsp3) is 0.333. The van der Waals surface area contributed by atoms with Crippen LogP contribution in [-0.2, 0) is 14.8 Å². The number of thiazole rings is 1. The monoisotopic (exact) mass is 589 g/mol. The van der Waals surface area contributed by atoms with Crippen LogP contribution < -0.4 is 5.32 Å². The van der Waals surface area contributed by atoms with Crippen LogP contribution in [0.3, 0.4) is 0 Å². The number of thioether (sulfide) groups is 1. The maximum atomic E-state index is 12.8. The summed E-state index contributed by atoms with van der Waals surface area (Å²) < 4.78 is 33.0. The third-order valence-electron chi connectivity index (χ3n) is 5.11. The van der Waals surface area contributed by atoms with Crippen molar-refractivity contribution in [3.8, 4) is 11.3 Å². The van der Waals surface area contributed by atoms with E-state index in [0.29, 0.717) is 28.0 Å². The van der Waals surface area contributed by atoms with E-state index in [2.05, 4.69) is 10.3 Å². The van der Waals surface area contributed by atoms with Crippen LogP contribution in [0.25, 0.3) is 11.3 Å². The number of hydrogen-bond acceptors (Lipinski definition) is 9. The molecule has 7 nitrogen and oxygen atoms in total. The normalized spacial score (nSPS) is 14.5.